The predicted molar refractivity (Wildman–Crippen MR) is 73.9 cm³/mol. The average Bonchev–Trinajstić information content (AvgIpc) is 2.42. The molecule has 2 aromatic rings. The number of nitro benzene ring substituents is 1. The summed E-state index contributed by atoms with van der Waals surface area (Å²) in [5, 5.41) is 13.3. The Labute approximate surface area is 115 Å². The molecule has 0 bridgehead atoms. The topological polar surface area (TPSA) is 81.5 Å². The summed E-state index contributed by atoms with van der Waals surface area (Å²) in [6, 6.07) is 13.0. The highest BCUT2D eigenvalue weighted by Gasteiger charge is 2.15. The van der Waals surface area contributed by atoms with Crippen molar-refractivity contribution in [1.82, 2.24) is 0 Å². The molecule has 0 spiro atoms. The number of nitrogens with zero attached hydrogens (tertiary/aromatic N) is 1. The number of hydrogen-bond acceptors (Lipinski definition) is 4. The van der Waals surface area contributed by atoms with Crippen molar-refractivity contribution in [3.05, 3.63) is 64.2 Å². The van der Waals surface area contributed by atoms with Crippen LogP contribution < -0.4 is 10.1 Å². The Kier molecular flexibility index (Phi) is 3.95. The standard InChI is InChI=1S/C14H12N2O4/c1-10-12(8-5-9-13(10)16(18)19)15-14(17)20-11-6-3-2-4-7-11/h2-9H,1H3,(H,15,17). The molecule has 0 fully saturated rings. The van der Waals surface area contributed by atoms with Gasteiger partial charge in [-0.1, -0.05) is 24.3 Å². The number of hydrogen-bond donors (Lipinski definition) is 1. The summed E-state index contributed by atoms with van der Waals surface area (Å²) in [5.41, 5.74) is 0.671. The lowest BCUT2D eigenvalue weighted by Crippen LogP contribution is -2.17. The Hall–Kier alpha value is -2.89. The molecule has 0 aliphatic rings. The summed E-state index contributed by atoms with van der Waals surface area (Å²) < 4.78 is 5.05. The van der Waals surface area contributed by atoms with Crippen LogP contribution in [0.15, 0.2) is 48.5 Å². The van der Waals surface area contributed by atoms with E-state index in [4.69, 9.17) is 4.74 Å². The number of ether oxygens (including phenoxy) is 1. The molecule has 1 N–H and O–H groups in total. The van der Waals surface area contributed by atoms with Gasteiger partial charge in [-0.05, 0) is 25.1 Å². The molecule has 20 heavy (non-hydrogen) atoms. The van der Waals surface area contributed by atoms with Gasteiger partial charge in [-0.15, -0.1) is 0 Å². The minimum Gasteiger partial charge on any atom is -0.410 e. The molecule has 0 radical (unpaired) electrons. The van der Waals surface area contributed by atoms with E-state index in [-0.39, 0.29) is 5.69 Å². The number of para-hydroxylation sites is 1. The van der Waals surface area contributed by atoms with Crippen LogP contribution in [-0.2, 0) is 0 Å². The van der Waals surface area contributed by atoms with Crippen molar-refractivity contribution in [2.24, 2.45) is 0 Å². The van der Waals surface area contributed by atoms with E-state index < -0.39 is 11.0 Å². The van der Waals surface area contributed by atoms with Gasteiger partial charge < -0.3 is 4.74 Å². The Morgan fingerprint density at radius 1 is 1.15 bits per heavy atom. The van der Waals surface area contributed by atoms with E-state index in [0.29, 0.717) is 17.0 Å². The summed E-state index contributed by atoms with van der Waals surface area (Å²) >= 11 is 0. The average molecular weight is 272 g/mol. The van der Waals surface area contributed by atoms with Crippen molar-refractivity contribution >= 4 is 17.5 Å². The highest BCUT2D eigenvalue weighted by Crippen LogP contribution is 2.25. The number of rotatable bonds is 3. The van der Waals surface area contributed by atoms with E-state index in [1.54, 1.807) is 43.3 Å². The van der Waals surface area contributed by atoms with Crippen molar-refractivity contribution in [2.75, 3.05) is 5.32 Å². The molecule has 0 aliphatic heterocycles. The highest BCUT2D eigenvalue weighted by atomic mass is 16.6. The molecule has 102 valence electrons. The van der Waals surface area contributed by atoms with Crippen molar-refractivity contribution in [2.45, 2.75) is 6.92 Å². The van der Waals surface area contributed by atoms with E-state index in [9.17, 15) is 14.9 Å². The van der Waals surface area contributed by atoms with Gasteiger partial charge in [0.25, 0.3) is 5.69 Å². The zero-order valence-electron chi connectivity index (χ0n) is 10.7. The van der Waals surface area contributed by atoms with Gasteiger partial charge in [-0.25, -0.2) is 4.79 Å². The molecule has 2 aromatic carbocycles. The van der Waals surface area contributed by atoms with Crippen molar-refractivity contribution in [3.8, 4) is 5.75 Å². The maximum absolute atomic E-state index is 11.7. The molecule has 6 heteroatoms. The summed E-state index contributed by atoms with van der Waals surface area (Å²) in [5.74, 6) is 0.396. The van der Waals surface area contributed by atoms with Gasteiger partial charge in [0.15, 0.2) is 0 Å². The van der Waals surface area contributed by atoms with Crippen LogP contribution in [0.2, 0.25) is 0 Å². The maximum atomic E-state index is 11.7. The smallest absolute Gasteiger partial charge is 0.410 e. The van der Waals surface area contributed by atoms with E-state index in [2.05, 4.69) is 5.32 Å². The Morgan fingerprint density at radius 2 is 1.85 bits per heavy atom. The third-order valence-corrected chi connectivity index (χ3v) is 2.69. The quantitative estimate of drug-likeness (QED) is 0.684. The molecule has 6 nitrogen and oxygen atoms in total. The van der Waals surface area contributed by atoms with Gasteiger partial charge in [0.1, 0.15) is 5.75 Å². The molecular weight excluding hydrogens is 260 g/mol. The molecule has 0 saturated heterocycles. The zero-order valence-corrected chi connectivity index (χ0v) is 10.7. The summed E-state index contributed by atoms with van der Waals surface area (Å²) in [4.78, 5) is 22.0. The van der Waals surface area contributed by atoms with E-state index in [0.717, 1.165) is 0 Å². The van der Waals surface area contributed by atoms with Crippen molar-refractivity contribution < 1.29 is 14.5 Å². The van der Waals surface area contributed by atoms with Gasteiger partial charge >= 0.3 is 6.09 Å². The fourth-order valence-electron chi connectivity index (χ4n) is 1.69. The number of anilines is 1. The summed E-state index contributed by atoms with van der Waals surface area (Å²) in [7, 11) is 0. The number of benzene rings is 2. The molecule has 0 heterocycles. The number of carbonyl (C=O) groups is 1. The van der Waals surface area contributed by atoms with Crippen molar-refractivity contribution in [1.29, 1.82) is 0 Å². The predicted octanol–water partition coefficient (Wildman–Crippen LogP) is 3.51. The fraction of sp³-hybridized carbons (Fsp3) is 0.0714. The summed E-state index contributed by atoms with van der Waals surface area (Å²) in [6.45, 7) is 1.57. The van der Waals surface area contributed by atoms with E-state index >= 15 is 0 Å². The highest BCUT2D eigenvalue weighted by molar-refractivity contribution is 5.88. The second-order valence-electron chi connectivity index (χ2n) is 4.03. The molecule has 0 unspecified atom stereocenters. The first-order chi connectivity index (χ1) is 9.58. The van der Waals surface area contributed by atoms with E-state index in [1.165, 1.54) is 12.1 Å². The lowest BCUT2D eigenvalue weighted by atomic mass is 10.1. The number of carbonyl (C=O) groups excluding carboxylic acids is 1. The first-order valence-electron chi connectivity index (χ1n) is 5.86. The maximum Gasteiger partial charge on any atom is 0.417 e. The van der Waals surface area contributed by atoms with Crippen LogP contribution in [0.4, 0.5) is 16.2 Å². The van der Waals surface area contributed by atoms with Gasteiger partial charge in [0.2, 0.25) is 0 Å². The van der Waals surface area contributed by atoms with Crippen LogP contribution in [0.3, 0.4) is 0 Å². The molecule has 0 aliphatic carbocycles. The minimum absolute atomic E-state index is 0.0532. The second kappa shape index (κ2) is 5.83. The first kappa shape index (κ1) is 13.5. The zero-order chi connectivity index (χ0) is 14.5. The van der Waals surface area contributed by atoms with Crippen LogP contribution >= 0.6 is 0 Å². The largest absolute Gasteiger partial charge is 0.417 e. The lowest BCUT2D eigenvalue weighted by molar-refractivity contribution is -0.385. The third-order valence-electron chi connectivity index (χ3n) is 2.69. The fourth-order valence-corrected chi connectivity index (χ4v) is 1.69. The van der Waals surface area contributed by atoms with Crippen LogP contribution in [0.1, 0.15) is 5.56 Å². The third kappa shape index (κ3) is 3.11. The van der Waals surface area contributed by atoms with E-state index in [1.807, 2.05) is 0 Å². The number of nitro groups is 1. The van der Waals surface area contributed by atoms with Crippen LogP contribution in [-0.4, -0.2) is 11.0 Å². The number of amides is 1. The van der Waals surface area contributed by atoms with Crippen LogP contribution in [0.5, 0.6) is 5.75 Å². The van der Waals surface area contributed by atoms with Gasteiger partial charge in [0, 0.05) is 6.07 Å². The summed E-state index contributed by atoms with van der Waals surface area (Å²) in [6.07, 6.45) is -0.695. The molecule has 0 aromatic heterocycles. The number of nitrogens with one attached hydrogen (secondary N) is 1. The Balaban J connectivity index is 2.12. The van der Waals surface area contributed by atoms with Gasteiger partial charge in [-0.2, -0.15) is 0 Å². The molecule has 1 amide bonds. The monoisotopic (exact) mass is 272 g/mol. The molecule has 0 atom stereocenters. The van der Waals surface area contributed by atoms with Gasteiger partial charge in [0.05, 0.1) is 16.2 Å². The first-order valence-corrected chi connectivity index (χ1v) is 5.86. The molecular formula is C14H12N2O4. The normalized spacial score (nSPS) is 9.85. The SMILES string of the molecule is Cc1c(NC(=O)Oc2ccccc2)cccc1[N+](=O)[O-]. The van der Waals surface area contributed by atoms with Crippen molar-refractivity contribution in [3.63, 3.8) is 0 Å². The lowest BCUT2D eigenvalue weighted by Gasteiger charge is -2.09. The Bertz CT molecular complexity index is 641. The second-order valence-corrected chi connectivity index (χ2v) is 4.03. The van der Waals surface area contributed by atoms with Crippen LogP contribution in [0.25, 0.3) is 0 Å². The van der Waals surface area contributed by atoms with Gasteiger partial charge in [-0.3, -0.25) is 15.4 Å². The molecule has 0 saturated carbocycles. The molecule has 2 rings (SSSR count). The minimum atomic E-state index is -0.695. The Morgan fingerprint density at radius 3 is 2.50 bits per heavy atom. The van der Waals surface area contributed by atoms with Crippen LogP contribution in [0, 0.1) is 17.0 Å².